The van der Waals surface area contributed by atoms with Crippen LogP contribution in [0.25, 0.3) is 0 Å². The molecule has 0 N–H and O–H groups in total. The van der Waals surface area contributed by atoms with Gasteiger partial charge in [-0.15, -0.1) is 0 Å². The van der Waals surface area contributed by atoms with Crippen LogP contribution in [0, 0.1) is 0 Å². The first kappa shape index (κ1) is 24.2. The molecule has 0 saturated carbocycles. The zero-order valence-corrected chi connectivity index (χ0v) is 20.0. The molecule has 0 aromatic heterocycles. The van der Waals surface area contributed by atoms with Crippen LogP contribution >= 0.6 is 31.3 Å². The van der Waals surface area contributed by atoms with Crippen molar-refractivity contribution in [1.82, 2.24) is 0 Å². The van der Waals surface area contributed by atoms with Gasteiger partial charge in [0, 0.05) is 0 Å². The maximum atomic E-state index is 3.24. The smallest absolute Gasteiger partial charge is 0.0786 e. The van der Waals surface area contributed by atoms with E-state index >= 15 is 0 Å². The van der Waals surface area contributed by atoms with Gasteiger partial charge in [0.25, 0.3) is 0 Å². The van der Waals surface area contributed by atoms with E-state index in [1.54, 1.807) is 0 Å². The van der Waals surface area contributed by atoms with Crippen molar-refractivity contribution in [2.24, 2.45) is 0 Å². The molecule has 0 spiro atoms. The predicted molar refractivity (Wildman–Crippen MR) is 102 cm³/mol. The van der Waals surface area contributed by atoms with Crippen molar-refractivity contribution >= 4 is 31.3 Å². The van der Waals surface area contributed by atoms with E-state index < -0.39 is 0 Å². The first-order valence-corrected chi connectivity index (χ1v) is 19.5. The molecule has 0 radical (unpaired) electrons. The van der Waals surface area contributed by atoms with E-state index in [2.05, 4.69) is 59.0 Å². The normalized spacial score (nSPS) is 11.3. The molecule has 20 heavy (non-hydrogen) atoms. The molecule has 0 atom stereocenters. The Morgan fingerprint density at radius 2 is 0.900 bits per heavy atom. The number of unbranched alkanes of at least 4 members (excludes halogenated alkanes) is 4. The van der Waals surface area contributed by atoms with Crippen LogP contribution in [0.3, 0.4) is 0 Å². The Balaban J connectivity index is 0. The van der Waals surface area contributed by atoms with Crippen LogP contribution in [0.2, 0.25) is 0 Å². The maximum absolute atomic E-state index is 3.24. The van der Waals surface area contributed by atoms with Gasteiger partial charge in [-0.25, -0.2) is 0 Å². The molecule has 4 heteroatoms. The van der Waals surface area contributed by atoms with E-state index in [9.17, 15) is 0 Å². The number of quaternary nitrogens is 1. The topological polar surface area (TPSA) is 0 Å². The van der Waals surface area contributed by atoms with E-state index in [4.69, 9.17) is 0 Å². The summed E-state index contributed by atoms with van der Waals surface area (Å²) < 4.78 is 1.42. The van der Waals surface area contributed by atoms with Crippen LogP contribution < -0.4 is 15.0 Å². The van der Waals surface area contributed by atoms with E-state index in [-0.39, 0.29) is 0 Å². The standard InChI is InChI=1S/C16H36N.BrI2/c1-5-9-13-17(14-10-6-2,15-11-7-3)16-12-8-4;1-3-2/h5-16H2,1-4H3;/q+1;-1. The van der Waals surface area contributed by atoms with Gasteiger partial charge in [0.15, 0.2) is 0 Å². The van der Waals surface area contributed by atoms with Crippen molar-refractivity contribution in [2.75, 3.05) is 26.2 Å². The SMILES string of the molecule is Br[I-]I.CCCC[N+](CCCC)(CCCC)CCCC. The molecule has 0 aliphatic rings. The number of nitrogens with zero attached hydrogens (tertiary/aromatic N) is 1. The summed E-state index contributed by atoms with van der Waals surface area (Å²) in [7, 11) is 0. The quantitative estimate of drug-likeness (QED) is 0.246. The summed E-state index contributed by atoms with van der Waals surface area (Å²) >= 11 is 5.93. The monoisotopic (exact) mass is 575 g/mol. The van der Waals surface area contributed by atoms with Crippen molar-refractivity contribution < 1.29 is 19.5 Å². The number of hydrogen-bond acceptors (Lipinski definition) is 0. The predicted octanol–water partition coefficient (Wildman–Crippen LogP) is 3.74. The molecule has 0 rings (SSSR count). The summed E-state index contributed by atoms with van der Waals surface area (Å²) in [6, 6.07) is 0. The van der Waals surface area contributed by atoms with Gasteiger partial charge in [-0.3, -0.25) is 0 Å². The minimum atomic E-state index is 0.373. The average molecular weight is 576 g/mol. The van der Waals surface area contributed by atoms with Crippen molar-refractivity contribution in [2.45, 2.75) is 79.1 Å². The third kappa shape index (κ3) is 14.8. The summed E-state index contributed by atoms with van der Waals surface area (Å²) in [6.45, 7) is 15.0. The summed E-state index contributed by atoms with van der Waals surface area (Å²) in [5.74, 6) is 0. The van der Waals surface area contributed by atoms with E-state index in [0.717, 1.165) is 0 Å². The molecular formula is C16H36BrI2N. The molecular weight excluding hydrogens is 540 g/mol. The number of halogens is 3. The zero-order chi connectivity index (χ0) is 15.7. The van der Waals surface area contributed by atoms with Crippen molar-refractivity contribution in [1.29, 1.82) is 0 Å². The molecule has 1 nitrogen and oxygen atoms in total. The van der Waals surface area contributed by atoms with Crippen LogP contribution in [0.1, 0.15) is 79.1 Å². The molecule has 0 fully saturated rings. The van der Waals surface area contributed by atoms with Crippen molar-refractivity contribution in [3.8, 4) is 0 Å². The molecule has 0 bridgehead atoms. The second kappa shape index (κ2) is 18.9. The zero-order valence-electron chi connectivity index (χ0n) is 14.1. The van der Waals surface area contributed by atoms with Crippen LogP contribution in [0.15, 0.2) is 0 Å². The Hall–Kier alpha value is 1.90. The third-order valence-electron chi connectivity index (χ3n) is 3.94. The van der Waals surface area contributed by atoms with Crippen LogP contribution in [0.5, 0.6) is 0 Å². The molecule has 126 valence electrons. The van der Waals surface area contributed by atoms with Gasteiger partial charge >= 0.3 is 46.3 Å². The summed E-state index contributed by atoms with van der Waals surface area (Å²) in [4.78, 5) is 0. The van der Waals surface area contributed by atoms with Gasteiger partial charge < -0.3 is 4.48 Å². The fraction of sp³-hybridized carbons (Fsp3) is 1.00. The Kier molecular flexibility index (Phi) is 22.9. The summed E-state index contributed by atoms with van der Waals surface area (Å²) in [6.07, 6.45) is 11.1. The third-order valence-corrected chi connectivity index (χ3v) is 3.94. The first-order valence-electron chi connectivity index (χ1n) is 8.38. The van der Waals surface area contributed by atoms with Gasteiger partial charge in [-0.05, 0) is 25.7 Å². The Bertz CT molecular complexity index is 142. The van der Waals surface area contributed by atoms with Crippen LogP contribution in [0.4, 0.5) is 0 Å². The van der Waals surface area contributed by atoms with E-state index in [1.165, 1.54) is 82.0 Å². The minimum absolute atomic E-state index is 0.373. The number of hydrogen-bond donors (Lipinski definition) is 0. The Morgan fingerprint density at radius 3 is 1.05 bits per heavy atom. The summed E-state index contributed by atoms with van der Waals surface area (Å²) in [5, 5.41) is 0. The molecule has 0 heterocycles. The Labute approximate surface area is 154 Å². The first-order chi connectivity index (χ1) is 9.66. The van der Waals surface area contributed by atoms with Gasteiger partial charge in [-0.1, -0.05) is 53.4 Å². The molecule has 0 saturated heterocycles. The molecule has 0 aromatic rings. The van der Waals surface area contributed by atoms with E-state index in [1.807, 2.05) is 0 Å². The second-order valence-corrected chi connectivity index (χ2v) is 18.3. The summed E-state index contributed by atoms with van der Waals surface area (Å²) in [5.41, 5.74) is 0. The average Bonchev–Trinajstić information content (AvgIpc) is 2.46. The maximum Gasteiger partial charge on any atom is 0.0786 e. The fourth-order valence-corrected chi connectivity index (χ4v) is 2.64. The van der Waals surface area contributed by atoms with Gasteiger partial charge in [-0.2, -0.15) is 0 Å². The largest absolute Gasteiger partial charge is 0.324 e. The molecule has 0 unspecified atom stereocenters. The Morgan fingerprint density at radius 1 is 0.700 bits per heavy atom. The minimum Gasteiger partial charge on any atom is -0.324 e. The van der Waals surface area contributed by atoms with Crippen molar-refractivity contribution in [3.05, 3.63) is 0 Å². The van der Waals surface area contributed by atoms with Crippen molar-refractivity contribution in [3.63, 3.8) is 0 Å². The van der Waals surface area contributed by atoms with Gasteiger partial charge in [0.1, 0.15) is 0 Å². The van der Waals surface area contributed by atoms with E-state index in [0.29, 0.717) is 15.0 Å². The fourth-order valence-electron chi connectivity index (χ4n) is 2.64. The van der Waals surface area contributed by atoms with Gasteiger partial charge in [0.05, 0.1) is 26.2 Å². The molecule has 0 aliphatic carbocycles. The number of rotatable bonds is 12. The van der Waals surface area contributed by atoms with Crippen LogP contribution in [-0.2, 0) is 0 Å². The molecule has 0 amide bonds. The molecule has 0 aliphatic heterocycles. The van der Waals surface area contributed by atoms with Crippen LogP contribution in [-0.4, -0.2) is 30.7 Å². The van der Waals surface area contributed by atoms with Gasteiger partial charge in [0.2, 0.25) is 0 Å². The molecule has 0 aromatic carbocycles. The second-order valence-electron chi connectivity index (χ2n) is 5.70.